The zero-order chi connectivity index (χ0) is 35.4. The Kier molecular flexibility index (Phi) is 35.4. The second-order valence-corrected chi connectivity index (χ2v) is 18.1. The number of carbonyl (C=O) groups excluding carboxylic acids is 2. The van der Waals surface area contributed by atoms with Crippen molar-refractivity contribution in [2.75, 3.05) is 6.61 Å². The Morgan fingerprint density at radius 1 is 0.479 bits per heavy atom. The maximum absolute atomic E-state index is 12.4. The minimum Gasteiger partial charge on any atom is -0.0654 e. The molecule has 2 N–H and O–H groups in total. The number of unbranched alkanes of at least 4 members (excludes halogenated alkanes) is 28. The Morgan fingerprint density at radius 2 is 0.771 bits per heavy atom. The molecule has 0 saturated heterocycles. The summed E-state index contributed by atoms with van der Waals surface area (Å²) in [7, 11) is 0. The molecule has 0 aromatic heterocycles. The van der Waals surface area contributed by atoms with Gasteiger partial charge in [-0.15, -0.1) is 0 Å². The van der Waals surface area contributed by atoms with Gasteiger partial charge < -0.3 is 0 Å². The van der Waals surface area contributed by atoms with E-state index in [0.29, 0.717) is 6.42 Å². The summed E-state index contributed by atoms with van der Waals surface area (Å²) in [6.07, 6.45) is 37.5. The molecule has 0 aliphatic rings. The van der Waals surface area contributed by atoms with Gasteiger partial charge in [-0.2, -0.15) is 0 Å². The van der Waals surface area contributed by atoms with Crippen LogP contribution in [0.2, 0.25) is 5.21 Å². The minimum atomic E-state index is -4.87. The summed E-state index contributed by atoms with van der Waals surface area (Å²) in [6.45, 7) is 4.38. The number of hydrogen-bond acceptors (Lipinski definition) is 5. The summed E-state index contributed by atoms with van der Waals surface area (Å²) in [6, 6.07) is 0. The van der Waals surface area contributed by atoms with Crippen LogP contribution in [0.15, 0.2) is 0 Å². The molecular weight excluding hydrogens is 667 g/mol. The molecule has 8 heteroatoms. The van der Waals surface area contributed by atoms with Gasteiger partial charge in [0.1, 0.15) is 0 Å². The van der Waals surface area contributed by atoms with Crippen LogP contribution < -0.4 is 0 Å². The van der Waals surface area contributed by atoms with E-state index in [1.807, 2.05) is 0 Å². The van der Waals surface area contributed by atoms with Gasteiger partial charge in [0.25, 0.3) is 0 Å². The molecule has 0 spiro atoms. The average Bonchev–Trinajstić information content (AvgIpc) is 3.05. The first-order valence-electron chi connectivity index (χ1n) is 20.7. The molecule has 0 bridgehead atoms. The third-order valence-electron chi connectivity index (χ3n) is 9.44. The smallest absolute Gasteiger partial charge is 0.0654 e. The van der Waals surface area contributed by atoms with Gasteiger partial charge in [-0.3, -0.25) is 0 Å². The fraction of sp³-hybridized carbons (Fsp3) is 0.950. The van der Waals surface area contributed by atoms with E-state index >= 15 is 0 Å². The van der Waals surface area contributed by atoms with E-state index < -0.39 is 20.3 Å². The third kappa shape index (κ3) is 38.0. The van der Waals surface area contributed by atoms with Gasteiger partial charge in [-0.1, -0.05) is 136 Å². The van der Waals surface area contributed by atoms with Crippen molar-refractivity contribution in [3.8, 4) is 0 Å². The Balaban J connectivity index is 3.88. The van der Waals surface area contributed by atoms with Crippen molar-refractivity contribution in [1.82, 2.24) is 0 Å². The van der Waals surface area contributed by atoms with Crippen LogP contribution in [0.5, 0.6) is 0 Å². The standard InChI is InChI=1S/C40H79AsO7/c1-3-5-7-9-11-13-15-17-19-21-23-25-27-29-31-33-39(42)47-37-38(35-36-41(44,45)46)48-40(43)34-32-30-28-26-24-22-20-18-16-14-12-10-8-6-4-2/h38H,3-37H2,1-2H3,(H2,44,45,46)/t38-/m1/s1. The summed E-state index contributed by atoms with van der Waals surface area (Å²) in [4.78, 5) is 24.7. The third-order valence-corrected chi connectivity index (χ3v) is 11.2. The molecule has 0 aromatic carbocycles. The van der Waals surface area contributed by atoms with Crippen molar-refractivity contribution in [2.24, 2.45) is 0 Å². The molecule has 0 heterocycles. The van der Waals surface area contributed by atoms with E-state index in [4.69, 9.17) is 9.47 Å². The van der Waals surface area contributed by atoms with Gasteiger partial charge in [0.15, 0.2) is 0 Å². The molecule has 0 unspecified atom stereocenters. The number of rotatable bonds is 38. The summed E-state index contributed by atoms with van der Waals surface area (Å²) in [5.41, 5.74) is 0. The Morgan fingerprint density at radius 3 is 1.08 bits per heavy atom. The molecule has 0 radical (unpaired) electrons. The van der Waals surface area contributed by atoms with Crippen LogP contribution in [-0.4, -0.2) is 47.0 Å². The molecule has 0 amide bonds. The van der Waals surface area contributed by atoms with Crippen LogP contribution in [0.4, 0.5) is 0 Å². The zero-order valence-corrected chi connectivity index (χ0v) is 33.6. The summed E-state index contributed by atoms with van der Waals surface area (Å²) in [5, 5.41) is -0.342. The van der Waals surface area contributed by atoms with Gasteiger partial charge in [-0.05, 0) is 0 Å². The molecule has 1 atom stereocenters. The van der Waals surface area contributed by atoms with Crippen molar-refractivity contribution < 1.29 is 31.0 Å². The van der Waals surface area contributed by atoms with Crippen LogP contribution in [-0.2, 0) is 22.8 Å². The van der Waals surface area contributed by atoms with Gasteiger partial charge in [-0.25, -0.2) is 0 Å². The number of carbonyl (C=O) groups is 2. The first kappa shape index (κ1) is 47.2. The van der Waals surface area contributed by atoms with Crippen LogP contribution in [0.25, 0.3) is 0 Å². The van der Waals surface area contributed by atoms with Gasteiger partial charge in [0.2, 0.25) is 0 Å². The summed E-state index contributed by atoms with van der Waals surface area (Å²) in [5.74, 6) is -0.721. The predicted octanol–water partition coefficient (Wildman–Crippen LogP) is 11.7. The Bertz CT molecular complexity index is 754. The molecule has 0 saturated carbocycles. The summed E-state index contributed by atoms with van der Waals surface area (Å²) >= 11 is -4.87. The SMILES string of the molecule is CCCCCCCCCCCCCCCCCC(=O)OC[C@@H](CC[As](=O)(O)O)OC(=O)CCCCCCCCCCCCCCCCC. The van der Waals surface area contributed by atoms with E-state index in [1.165, 1.54) is 154 Å². The zero-order valence-electron chi connectivity index (χ0n) is 31.7. The fourth-order valence-electron chi connectivity index (χ4n) is 6.27. The van der Waals surface area contributed by atoms with E-state index in [9.17, 15) is 21.5 Å². The molecule has 0 fully saturated rings. The van der Waals surface area contributed by atoms with E-state index in [0.717, 1.165) is 38.5 Å². The fourth-order valence-corrected chi connectivity index (χ4v) is 7.58. The normalized spacial score (nSPS) is 12.3. The van der Waals surface area contributed by atoms with E-state index in [-0.39, 0.29) is 36.6 Å². The van der Waals surface area contributed by atoms with Crippen LogP contribution in [0.1, 0.15) is 226 Å². The molecule has 0 rings (SSSR count). The van der Waals surface area contributed by atoms with E-state index in [1.54, 1.807) is 0 Å². The molecule has 0 aromatic rings. The van der Waals surface area contributed by atoms with Crippen LogP contribution in [0, 0.1) is 0 Å². The van der Waals surface area contributed by atoms with Crippen LogP contribution >= 0.6 is 0 Å². The van der Waals surface area contributed by atoms with Crippen molar-refractivity contribution in [3.63, 3.8) is 0 Å². The van der Waals surface area contributed by atoms with Crippen molar-refractivity contribution in [3.05, 3.63) is 0 Å². The molecular formula is C40H79AsO7. The average molecular weight is 747 g/mol. The minimum absolute atomic E-state index is 0.000333. The number of hydrogen-bond donors (Lipinski definition) is 2. The van der Waals surface area contributed by atoms with Gasteiger partial charge in [0.05, 0.1) is 0 Å². The quantitative estimate of drug-likeness (QED) is 0.0368. The summed E-state index contributed by atoms with van der Waals surface area (Å²) < 4.78 is 41.0. The second-order valence-electron chi connectivity index (χ2n) is 14.4. The molecule has 286 valence electrons. The Hall–Kier alpha value is -0.782. The molecule has 0 aliphatic carbocycles. The topological polar surface area (TPSA) is 110 Å². The van der Waals surface area contributed by atoms with Crippen LogP contribution in [0.3, 0.4) is 0 Å². The van der Waals surface area contributed by atoms with Gasteiger partial charge >= 0.3 is 165 Å². The molecule has 0 aliphatic heterocycles. The number of esters is 2. The van der Waals surface area contributed by atoms with E-state index in [2.05, 4.69) is 13.8 Å². The predicted molar refractivity (Wildman–Crippen MR) is 200 cm³/mol. The molecule has 7 nitrogen and oxygen atoms in total. The van der Waals surface area contributed by atoms with Crippen molar-refractivity contribution in [1.29, 1.82) is 0 Å². The Labute approximate surface area is 299 Å². The first-order valence-corrected chi connectivity index (χ1v) is 24.4. The maximum atomic E-state index is 12.4. The van der Waals surface area contributed by atoms with Crippen molar-refractivity contribution in [2.45, 2.75) is 237 Å². The van der Waals surface area contributed by atoms with Crippen molar-refractivity contribution >= 4 is 26.1 Å². The first-order chi connectivity index (χ1) is 23.3. The number of ether oxygens (including phenoxy) is 2. The molecule has 48 heavy (non-hydrogen) atoms. The monoisotopic (exact) mass is 747 g/mol. The van der Waals surface area contributed by atoms with Gasteiger partial charge in [0, 0.05) is 0 Å². The second kappa shape index (κ2) is 36.0.